The van der Waals surface area contributed by atoms with Gasteiger partial charge in [-0.1, -0.05) is 6.07 Å². The lowest BCUT2D eigenvalue weighted by atomic mass is 10.2. The molecule has 0 saturated heterocycles. The van der Waals surface area contributed by atoms with Crippen LogP contribution in [0, 0.1) is 11.3 Å². The fourth-order valence-electron chi connectivity index (χ4n) is 1.91. The highest BCUT2D eigenvalue weighted by molar-refractivity contribution is 5.66. The van der Waals surface area contributed by atoms with Crippen molar-refractivity contribution in [1.82, 2.24) is 14.8 Å². The Morgan fingerprint density at radius 2 is 2.10 bits per heavy atom. The van der Waals surface area contributed by atoms with Gasteiger partial charge in [0.15, 0.2) is 0 Å². The van der Waals surface area contributed by atoms with Crippen LogP contribution in [0.15, 0.2) is 54.9 Å². The highest BCUT2D eigenvalue weighted by atomic mass is 15.3. The van der Waals surface area contributed by atoms with Gasteiger partial charge in [-0.3, -0.25) is 0 Å². The van der Waals surface area contributed by atoms with Crippen LogP contribution in [0.3, 0.4) is 0 Å². The van der Waals surface area contributed by atoms with Gasteiger partial charge in [0, 0.05) is 18.1 Å². The topological polar surface area (TPSA) is 57.4 Å². The van der Waals surface area contributed by atoms with Crippen molar-refractivity contribution in [2.24, 2.45) is 0 Å². The Labute approximate surface area is 116 Å². The predicted molar refractivity (Wildman–Crippen MR) is 78.0 cm³/mol. The second-order valence-corrected chi connectivity index (χ2v) is 4.31. The summed E-state index contributed by atoms with van der Waals surface area (Å²) in [6.45, 7) is 0. The fourth-order valence-corrected chi connectivity index (χ4v) is 1.91. The van der Waals surface area contributed by atoms with Crippen molar-refractivity contribution in [3.05, 3.63) is 71.8 Å². The fraction of sp³-hybridized carbons (Fsp3) is 0. The summed E-state index contributed by atoms with van der Waals surface area (Å²) in [5.41, 5.74) is 3.40. The van der Waals surface area contributed by atoms with Crippen LogP contribution >= 0.6 is 0 Å². The maximum absolute atomic E-state index is 8.91. The molecule has 3 rings (SSSR count). The molecule has 4 heteroatoms. The molecule has 0 radical (unpaired) electrons. The van der Waals surface area contributed by atoms with E-state index < -0.39 is 0 Å². The minimum atomic E-state index is 0.626. The first kappa shape index (κ1) is 12.0. The van der Waals surface area contributed by atoms with Gasteiger partial charge in [0.1, 0.15) is 0 Å². The number of H-pyrrole nitrogens is 1. The van der Waals surface area contributed by atoms with E-state index in [0.717, 1.165) is 17.1 Å². The molecular weight excluding hydrogens is 248 g/mol. The van der Waals surface area contributed by atoms with Crippen molar-refractivity contribution in [3.63, 3.8) is 0 Å². The summed E-state index contributed by atoms with van der Waals surface area (Å²) < 4.78 is 1.76. The average Bonchev–Trinajstić information content (AvgIpc) is 3.16. The second-order valence-electron chi connectivity index (χ2n) is 4.31. The molecule has 0 unspecified atom stereocenters. The normalized spacial score (nSPS) is 10.8. The van der Waals surface area contributed by atoms with E-state index in [1.54, 1.807) is 10.7 Å². The van der Waals surface area contributed by atoms with Crippen molar-refractivity contribution < 1.29 is 0 Å². The van der Waals surface area contributed by atoms with Gasteiger partial charge in [-0.2, -0.15) is 10.4 Å². The SMILES string of the molecule is N#Cc1cccc(-n2ccc(/C=C/c3ccc[nH]3)n2)c1. The van der Waals surface area contributed by atoms with E-state index in [1.165, 1.54) is 0 Å². The lowest BCUT2D eigenvalue weighted by molar-refractivity contribution is 0.875. The molecule has 0 saturated carbocycles. The Hall–Kier alpha value is -3.06. The van der Waals surface area contributed by atoms with E-state index in [0.29, 0.717) is 5.56 Å². The van der Waals surface area contributed by atoms with Crippen molar-refractivity contribution >= 4 is 12.2 Å². The Kier molecular flexibility index (Phi) is 3.17. The van der Waals surface area contributed by atoms with Crippen LogP contribution in [0.25, 0.3) is 17.8 Å². The molecule has 1 aromatic carbocycles. The maximum atomic E-state index is 8.91. The molecule has 96 valence electrons. The molecule has 2 heterocycles. The molecule has 4 nitrogen and oxygen atoms in total. The number of nitrogens with one attached hydrogen (secondary N) is 1. The molecule has 0 aliphatic rings. The van der Waals surface area contributed by atoms with Crippen LogP contribution in [0.1, 0.15) is 17.0 Å². The highest BCUT2D eigenvalue weighted by Crippen LogP contribution is 2.11. The summed E-state index contributed by atoms with van der Waals surface area (Å²) in [7, 11) is 0. The molecule has 0 spiro atoms. The summed E-state index contributed by atoms with van der Waals surface area (Å²) in [5, 5.41) is 13.4. The van der Waals surface area contributed by atoms with E-state index in [9.17, 15) is 0 Å². The maximum Gasteiger partial charge on any atom is 0.0992 e. The number of hydrogen-bond donors (Lipinski definition) is 1. The van der Waals surface area contributed by atoms with E-state index in [1.807, 2.05) is 60.9 Å². The predicted octanol–water partition coefficient (Wildman–Crippen LogP) is 3.24. The van der Waals surface area contributed by atoms with Gasteiger partial charge in [-0.25, -0.2) is 4.68 Å². The molecular formula is C16H12N4. The number of hydrogen-bond acceptors (Lipinski definition) is 2. The van der Waals surface area contributed by atoms with Crippen molar-refractivity contribution in [3.8, 4) is 11.8 Å². The van der Waals surface area contributed by atoms with E-state index in [-0.39, 0.29) is 0 Å². The summed E-state index contributed by atoms with van der Waals surface area (Å²) in [6.07, 6.45) is 7.67. The molecule has 20 heavy (non-hydrogen) atoms. The van der Waals surface area contributed by atoms with Crippen LogP contribution in [-0.2, 0) is 0 Å². The summed E-state index contributed by atoms with van der Waals surface area (Å²) >= 11 is 0. The quantitative estimate of drug-likeness (QED) is 0.786. The van der Waals surface area contributed by atoms with Crippen LogP contribution in [0.4, 0.5) is 0 Å². The third-order valence-corrected chi connectivity index (χ3v) is 2.91. The molecule has 0 amide bonds. The first-order chi connectivity index (χ1) is 9.85. The van der Waals surface area contributed by atoms with Gasteiger partial charge in [-0.15, -0.1) is 0 Å². The van der Waals surface area contributed by atoms with Crippen molar-refractivity contribution in [2.45, 2.75) is 0 Å². The highest BCUT2D eigenvalue weighted by Gasteiger charge is 2.00. The third-order valence-electron chi connectivity index (χ3n) is 2.91. The molecule has 3 aromatic rings. The van der Waals surface area contributed by atoms with Gasteiger partial charge in [0.05, 0.1) is 23.0 Å². The largest absolute Gasteiger partial charge is 0.362 e. The second kappa shape index (κ2) is 5.29. The zero-order valence-corrected chi connectivity index (χ0v) is 10.7. The lowest BCUT2D eigenvalue weighted by Crippen LogP contribution is -1.95. The molecule has 0 bridgehead atoms. The molecule has 2 aromatic heterocycles. The number of rotatable bonds is 3. The Morgan fingerprint density at radius 1 is 1.15 bits per heavy atom. The van der Waals surface area contributed by atoms with Gasteiger partial charge < -0.3 is 4.98 Å². The van der Waals surface area contributed by atoms with Crippen LogP contribution in [-0.4, -0.2) is 14.8 Å². The lowest BCUT2D eigenvalue weighted by Gasteiger charge is -2.00. The van der Waals surface area contributed by atoms with E-state index in [2.05, 4.69) is 16.2 Å². The van der Waals surface area contributed by atoms with E-state index in [4.69, 9.17) is 5.26 Å². The summed E-state index contributed by atoms with van der Waals surface area (Å²) in [5.74, 6) is 0. The van der Waals surface area contributed by atoms with Crippen LogP contribution in [0.5, 0.6) is 0 Å². The third kappa shape index (κ3) is 2.52. The van der Waals surface area contributed by atoms with Gasteiger partial charge >= 0.3 is 0 Å². The minimum absolute atomic E-state index is 0.626. The molecule has 0 fully saturated rings. The number of benzene rings is 1. The summed E-state index contributed by atoms with van der Waals surface area (Å²) in [6, 6.07) is 15.4. The zero-order valence-electron chi connectivity index (χ0n) is 10.7. The Morgan fingerprint density at radius 3 is 2.90 bits per heavy atom. The number of nitriles is 1. The number of aromatic nitrogens is 3. The molecule has 1 N–H and O–H groups in total. The number of aromatic amines is 1. The Bertz CT molecular complexity index is 773. The van der Waals surface area contributed by atoms with Crippen LogP contribution in [0.2, 0.25) is 0 Å². The van der Waals surface area contributed by atoms with Gasteiger partial charge in [0.2, 0.25) is 0 Å². The smallest absolute Gasteiger partial charge is 0.0992 e. The van der Waals surface area contributed by atoms with Crippen LogP contribution < -0.4 is 0 Å². The molecule has 0 atom stereocenters. The molecule has 0 aliphatic heterocycles. The van der Waals surface area contributed by atoms with E-state index >= 15 is 0 Å². The standard InChI is InChI=1S/C16H12N4/c17-12-13-3-1-5-16(11-13)20-10-8-15(19-20)7-6-14-4-2-9-18-14/h1-11,18H/b7-6+. The first-order valence-electron chi connectivity index (χ1n) is 6.23. The number of nitrogens with zero attached hydrogens (tertiary/aromatic N) is 3. The van der Waals surface area contributed by atoms with Gasteiger partial charge in [0.25, 0.3) is 0 Å². The molecule has 0 aliphatic carbocycles. The van der Waals surface area contributed by atoms with Crippen molar-refractivity contribution in [1.29, 1.82) is 5.26 Å². The first-order valence-corrected chi connectivity index (χ1v) is 6.23. The minimum Gasteiger partial charge on any atom is -0.362 e. The monoisotopic (exact) mass is 260 g/mol. The summed E-state index contributed by atoms with van der Waals surface area (Å²) in [4.78, 5) is 3.10. The zero-order chi connectivity index (χ0) is 13.8. The average molecular weight is 260 g/mol. The van der Waals surface area contributed by atoms with Gasteiger partial charge in [-0.05, 0) is 48.6 Å². The Balaban J connectivity index is 1.85. The van der Waals surface area contributed by atoms with Crippen molar-refractivity contribution in [2.75, 3.05) is 0 Å².